The second kappa shape index (κ2) is 8.95. The highest BCUT2D eigenvalue weighted by atomic mass is 16.4. The Morgan fingerprint density at radius 1 is 0.778 bits per heavy atom. The first-order valence-electron chi connectivity index (χ1n) is 6.98. The quantitative estimate of drug-likeness (QED) is 0.438. The normalized spacial score (nSPS) is 11.4. The summed E-state index contributed by atoms with van der Waals surface area (Å²) in [6.07, 6.45) is 6.86. The molecule has 0 aromatic carbocycles. The summed E-state index contributed by atoms with van der Waals surface area (Å²) >= 11 is 0. The van der Waals surface area contributed by atoms with Gasteiger partial charge < -0.3 is 10.2 Å². The van der Waals surface area contributed by atoms with Gasteiger partial charge in [0.25, 0.3) is 0 Å². The van der Waals surface area contributed by atoms with Crippen LogP contribution in [-0.2, 0) is 9.59 Å². The van der Waals surface area contributed by atoms with E-state index < -0.39 is 17.4 Å². The minimum atomic E-state index is -1.57. The van der Waals surface area contributed by atoms with Crippen LogP contribution in [0.25, 0.3) is 0 Å². The van der Waals surface area contributed by atoms with Gasteiger partial charge in [-0.2, -0.15) is 0 Å². The van der Waals surface area contributed by atoms with Gasteiger partial charge in [0.05, 0.1) is 0 Å². The number of hydrogen-bond acceptors (Lipinski definition) is 2. The van der Waals surface area contributed by atoms with E-state index in [4.69, 9.17) is 0 Å². The molecule has 2 N–H and O–H groups in total. The molecule has 0 aliphatic rings. The Bertz CT molecular complexity index is 247. The van der Waals surface area contributed by atoms with E-state index in [1.54, 1.807) is 0 Å². The van der Waals surface area contributed by atoms with Crippen molar-refractivity contribution in [3.63, 3.8) is 0 Å². The lowest BCUT2D eigenvalue weighted by Crippen LogP contribution is -2.39. The molecule has 0 aliphatic heterocycles. The van der Waals surface area contributed by atoms with Gasteiger partial charge in [-0.1, -0.05) is 58.8 Å². The fraction of sp³-hybridized carbons (Fsp3) is 0.857. The average molecular weight is 258 g/mol. The van der Waals surface area contributed by atoms with Gasteiger partial charge in [-0.15, -0.1) is 0 Å². The zero-order chi connectivity index (χ0) is 14.0. The van der Waals surface area contributed by atoms with Crippen LogP contribution in [0.1, 0.15) is 71.6 Å². The van der Waals surface area contributed by atoms with Crippen molar-refractivity contribution in [1.82, 2.24) is 0 Å². The molecule has 0 aliphatic carbocycles. The highest BCUT2D eigenvalue weighted by Gasteiger charge is 2.45. The minimum Gasteiger partial charge on any atom is -0.480 e. The van der Waals surface area contributed by atoms with Crippen LogP contribution < -0.4 is 0 Å². The molecule has 18 heavy (non-hydrogen) atoms. The number of carboxylic acids is 2. The fourth-order valence-corrected chi connectivity index (χ4v) is 2.15. The van der Waals surface area contributed by atoms with E-state index in [2.05, 4.69) is 6.92 Å². The molecule has 0 spiro atoms. The van der Waals surface area contributed by atoms with Gasteiger partial charge in [0.2, 0.25) is 0 Å². The fourth-order valence-electron chi connectivity index (χ4n) is 2.15. The van der Waals surface area contributed by atoms with Crippen LogP contribution in [0.3, 0.4) is 0 Å². The zero-order valence-electron chi connectivity index (χ0n) is 11.6. The Kier molecular flexibility index (Phi) is 8.42. The molecule has 4 heteroatoms. The van der Waals surface area contributed by atoms with Gasteiger partial charge >= 0.3 is 11.9 Å². The molecule has 4 nitrogen and oxygen atoms in total. The van der Waals surface area contributed by atoms with Crippen molar-refractivity contribution in [2.45, 2.75) is 71.6 Å². The van der Waals surface area contributed by atoms with Crippen molar-refractivity contribution in [3.05, 3.63) is 0 Å². The molecule has 0 saturated carbocycles. The van der Waals surface area contributed by atoms with E-state index >= 15 is 0 Å². The third kappa shape index (κ3) is 5.07. The van der Waals surface area contributed by atoms with Gasteiger partial charge in [-0.05, 0) is 12.8 Å². The molecule has 0 unspecified atom stereocenters. The van der Waals surface area contributed by atoms with Crippen molar-refractivity contribution in [1.29, 1.82) is 0 Å². The molecule has 0 heterocycles. The molecule has 106 valence electrons. The van der Waals surface area contributed by atoms with Crippen molar-refractivity contribution >= 4 is 11.9 Å². The summed E-state index contributed by atoms with van der Waals surface area (Å²) in [5.74, 6) is -2.36. The predicted octanol–water partition coefficient (Wildman–Crippen LogP) is 3.69. The molecule has 0 saturated heterocycles. The molecule has 0 bridgehead atoms. The van der Waals surface area contributed by atoms with E-state index in [0.717, 1.165) is 32.1 Å². The number of carboxylic acid groups (broad SMARTS) is 2. The average Bonchev–Trinajstić information content (AvgIpc) is 2.32. The van der Waals surface area contributed by atoms with Gasteiger partial charge in [-0.25, -0.2) is 0 Å². The second-order valence-electron chi connectivity index (χ2n) is 4.96. The highest BCUT2D eigenvalue weighted by Crippen LogP contribution is 2.32. The summed E-state index contributed by atoms with van der Waals surface area (Å²) in [4.78, 5) is 22.6. The first kappa shape index (κ1) is 16.9. The van der Waals surface area contributed by atoms with Crippen LogP contribution in [0.4, 0.5) is 0 Å². The van der Waals surface area contributed by atoms with E-state index in [9.17, 15) is 19.8 Å². The first-order chi connectivity index (χ1) is 8.51. The Labute approximate surface area is 109 Å². The second-order valence-corrected chi connectivity index (χ2v) is 4.96. The lowest BCUT2D eigenvalue weighted by molar-refractivity contribution is -0.166. The summed E-state index contributed by atoms with van der Waals surface area (Å²) in [6, 6.07) is 0. The number of aliphatic carboxylic acids is 2. The van der Waals surface area contributed by atoms with E-state index in [-0.39, 0.29) is 12.8 Å². The predicted molar refractivity (Wildman–Crippen MR) is 70.6 cm³/mol. The summed E-state index contributed by atoms with van der Waals surface area (Å²) in [5, 5.41) is 18.5. The Hall–Kier alpha value is -1.06. The van der Waals surface area contributed by atoms with Crippen molar-refractivity contribution in [2.24, 2.45) is 5.41 Å². The first-order valence-corrected chi connectivity index (χ1v) is 6.98. The van der Waals surface area contributed by atoms with Crippen LogP contribution >= 0.6 is 0 Å². The van der Waals surface area contributed by atoms with Crippen molar-refractivity contribution < 1.29 is 19.8 Å². The number of rotatable bonds is 11. The maximum absolute atomic E-state index is 11.3. The molecule has 0 fully saturated rings. The minimum absolute atomic E-state index is 0.238. The zero-order valence-corrected chi connectivity index (χ0v) is 11.6. The van der Waals surface area contributed by atoms with Crippen molar-refractivity contribution in [3.8, 4) is 0 Å². The highest BCUT2D eigenvalue weighted by molar-refractivity contribution is 5.98. The van der Waals surface area contributed by atoms with Crippen LogP contribution in [-0.4, -0.2) is 22.2 Å². The van der Waals surface area contributed by atoms with E-state index in [1.165, 1.54) is 0 Å². The van der Waals surface area contributed by atoms with Gasteiger partial charge in [0.1, 0.15) is 0 Å². The lowest BCUT2D eigenvalue weighted by atomic mass is 9.78. The van der Waals surface area contributed by atoms with Gasteiger partial charge in [0, 0.05) is 0 Å². The molecule has 0 atom stereocenters. The third-order valence-electron chi connectivity index (χ3n) is 3.48. The Morgan fingerprint density at radius 3 is 1.67 bits per heavy atom. The molecule has 0 amide bonds. The van der Waals surface area contributed by atoms with Crippen LogP contribution in [0.5, 0.6) is 0 Å². The monoisotopic (exact) mass is 258 g/mol. The summed E-state index contributed by atoms with van der Waals surface area (Å²) in [5.41, 5.74) is -1.57. The molecule has 0 aromatic rings. The largest absolute Gasteiger partial charge is 0.480 e. The standard InChI is InChI=1S/C14H26O4/c1-3-5-7-8-9-11-14(12(15)16,13(17)18)10-6-4-2/h3-11H2,1-2H3,(H,15,16)(H,17,18). The molecular formula is C14H26O4. The van der Waals surface area contributed by atoms with Gasteiger partial charge in [0.15, 0.2) is 5.41 Å². The van der Waals surface area contributed by atoms with Crippen LogP contribution in [0.15, 0.2) is 0 Å². The van der Waals surface area contributed by atoms with Crippen molar-refractivity contribution in [2.75, 3.05) is 0 Å². The summed E-state index contributed by atoms with van der Waals surface area (Å²) in [7, 11) is 0. The summed E-state index contributed by atoms with van der Waals surface area (Å²) in [6.45, 7) is 4.05. The van der Waals surface area contributed by atoms with E-state index in [0.29, 0.717) is 12.8 Å². The van der Waals surface area contributed by atoms with E-state index in [1.807, 2.05) is 6.92 Å². The lowest BCUT2D eigenvalue weighted by Gasteiger charge is -2.24. The van der Waals surface area contributed by atoms with Crippen LogP contribution in [0.2, 0.25) is 0 Å². The number of carbonyl (C=O) groups is 2. The number of hydrogen-bond donors (Lipinski definition) is 2. The Morgan fingerprint density at radius 2 is 1.22 bits per heavy atom. The topological polar surface area (TPSA) is 74.6 Å². The number of unbranched alkanes of at least 4 members (excludes halogenated alkanes) is 5. The smallest absolute Gasteiger partial charge is 0.321 e. The molecule has 0 rings (SSSR count). The van der Waals surface area contributed by atoms with Gasteiger partial charge in [-0.3, -0.25) is 9.59 Å². The maximum Gasteiger partial charge on any atom is 0.321 e. The van der Waals surface area contributed by atoms with Crippen LogP contribution in [0, 0.1) is 5.41 Å². The molecule has 0 radical (unpaired) electrons. The molecule has 0 aromatic heterocycles. The maximum atomic E-state index is 11.3. The SMILES string of the molecule is CCCCCCCC(CCCC)(C(=O)O)C(=O)O. The third-order valence-corrected chi connectivity index (χ3v) is 3.48. The Balaban J connectivity index is 4.44. The summed E-state index contributed by atoms with van der Waals surface area (Å²) < 4.78 is 0. The molecular weight excluding hydrogens is 232 g/mol.